The first-order chi connectivity index (χ1) is 7.27. The molecule has 1 atom stereocenters. The van der Waals surface area contributed by atoms with Crippen molar-refractivity contribution >= 4 is 11.7 Å². The number of nitrogens with zero attached hydrogens (tertiary/aromatic N) is 2. The highest BCUT2D eigenvalue weighted by molar-refractivity contribution is 6.03. The predicted molar refractivity (Wildman–Crippen MR) is 56.6 cm³/mol. The zero-order valence-electron chi connectivity index (χ0n) is 9.03. The summed E-state index contributed by atoms with van der Waals surface area (Å²) < 4.78 is 0. The molecule has 1 N–H and O–H groups in total. The van der Waals surface area contributed by atoms with E-state index in [2.05, 4.69) is 20.2 Å². The second-order valence-corrected chi connectivity index (χ2v) is 4.08. The topological polar surface area (TPSA) is 53.9 Å². The fourth-order valence-corrected chi connectivity index (χ4v) is 1.99. The Bertz CT molecular complexity index is 272. The van der Waals surface area contributed by atoms with Crippen molar-refractivity contribution in [1.29, 1.82) is 0 Å². The molecule has 84 valence electrons. The molecule has 0 radical (unpaired) electrons. The summed E-state index contributed by atoms with van der Waals surface area (Å²) in [6.07, 6.45) is 0.828. The Labute approximate surface area is 89.4 Å². The van der Waals surface area contributed by atoms with Crippen LogP contribution < -0.4 is 5.32 Å². The Balaban J connectivity index is 1.77. The van der Waals surface area contributed by atoms with Gasteiger partial charge in [-0.2, -0.15) is 0 Å². The summed E-state index contributed by atoms with van der Waals surface area (Å²) >= 11 is 0. The molecule has 0 spiro atoms. The lowest BCUT2D eigenvalue weighted by atomic mass is 10.0. The van der Waals surface area contributed by atoms with Gasteiger partial charge in [0.05, 0.1) is 5.71 Å². The number of oxime groups is 1. The van der Waals surface area contributed by atoms with Gasteiger partial charge in [0.1, 0.15) is 5.92 Å². The van der Waals surface area contributed by atoms with Gasteiger partial charge in [-0.1, -0.05) is 5.16 Å². The molecular weight excluding hydrogens is 194 g/mol. The van der Waals surface area contributed by atoms with E-state index in [-0.39, 0.29) is 11.9 Å². The largest absolute Gasteiger partial charge is 0.343 e. The molecule has 5 heteroatoms. The van der Waals surface area contributed by atoms with Gasteiger partial charge in [0.2, 0.25) is 0 Å². The highest BCUT2D eigenvalue weighted by atomic mass is 16.7. The molecule has 2 aliphatic rings. The van der Waals surface area contributed by atoms with Gasteiger partial charge in [-0.3, -0.25) is 0 Å². The van der Waals surface area contributed by atoms with Gasteiger partial charge in [0.15, 0.2) is 0 Å². The molecule has 2 heterocycles. The van der Waals surface area contributed by atoms with Crippen molar-refractivity contribution in [3.05, 3.63) is 0 Å². The maximum atomic E-state index is 11.3. The first-order valence-corrected chi connectivity index (χ1v) is 5.46. The Hall–Kier alpha value is -0.940. The molecule has 0 saturated carbocycles. The molecule has 0 bridgehead atoms. The fraction of sp³-hybridized carbons (Fsp3) is 0.800. The molecule has 0 aliphatic carbocycles. The van der Waals surface area contributed by atoms with Crippen LogP contribution in [0.5, 0.6) is 0 Å². The summed E-state index contributed by atoms with van der Waals surface area (Å²) in [6, 6.07) is 0. The van der Waals surface area contributed by atoms with Gasteiger partial charge in [-0.15, -0.1) is 0 Å². The monoisotopic (exact) mass is 211 g/mol. The van der Waals surface area contributed by atoms with Gasteiger partial charge in [0.25, 0.3) is 0 Å². The summed E-state index contributed by atoms with van der Waals surface area (Å²) in [5.41, 5.74) is 0.815. The van der Waals surface area contributed by atoms with Crippen molar-refractivity contribution in [2.24, 2.45) is 11.1 Å². The third-order valence-electron chi connectivity index (χ3n) is 3.01. The van der Waals surface area contributed by atoms with Gasteiger partial charge < -0.3 is 15.1 Å². The lowest BCUT2D eigenvalue weighted by Crippen LogP contribution is -2.44. The van der Waals surface area contributed by atoms with E-state index in [9.17, 15) is 4.79 Å². The average Bonchev–Trinajstić information content (AvgIpc) is 2.58. The molecule has 0 aromatic heterocycles. The number of rotatable bonds is 3. The van der Waals surface area contributed by atoms with Crippen LogP contribution in [-0.2, 0) is 9.63 Å². The quantitative estimate of drug-likeness (QED) is 0.659. The molecule has 5 nitrogen and oxygen atoms in total. The third kappa shape index (κ3) is 2.54. The molecule has 0 amide bonds. The van der Waals surface area contributed by atoms with Crippen LogP contribution in [-0.4, -0.2) is 49.3 Å². The molecule has 15 heavy (non-hydrogen) atoms. The van der Waals surface area contributed by atoms with Crippen LogP contribution in [0.15, 0.2) is 5.16 Å². The number of hydrogen-bond acceptors (Lipinski definition) is 5. The third-order valence-corrected chi connectivity index (χ3v) is 3.01. The smallest absolute Gasteiger partial charge is 0.318 e. The van der Waals surface area contributed by atoms with Crippen molar-refractivity contribution < 1.29 is 9.63 Å². The standard InChI is InChI=1S/C10H17N3O2/c1-8-9(10(14)15-12-8)2-5-13-6-3-11-4-7-13/h9,11H,2-7H2,1H3. The molecular formula is C10H17N3O2. The van der Waals surface area contributed by atoms with Gasteiger partial charge in [0, 0.05) is 26.2 Å². The Kier molecular flexibility index (Phi) is 3.33. The minimum Gasteiger partial charge on any atom is -0.318 e. The van der Waals surface area contributed by atoms with E-state index in [0.29, 0.717) is 0 Å². The summed E-state index contributed by atoms with van der Waals surface area (Å²) in [5, 5.41) is 7.00. The van der Waals surface area contributed by atoms with E-state index in [4.69, 9.17) is 0 Å². The molecule has 1 fully saturated rings. The zero-order chi connectivity index (χ0) is 10.7. The van der Waals surface area contributed by atoms with Crippen LogP contribution in [0.25, 0.3) is 0 Å². The maximum absolute atomic E-state index is 11.3. The van der Waals surface area contributed by atoms with Crippen molar-refractivity contribution in [3.8, 4) is 0 Å². The van der Waals surface area contributed by atoms with E-state index in [0.717, 1.165) is 44.9 Å². The highest BCUT2D eigenvalue weighted by Crippen LogP contribution is 2.16. The van der Waals surface area contributed by atoms with Gasteiger partial charge in [-0.25, -0.2) is 4.79 Å². The minimum atomic E-state index is -0.192. The van der Waals surface area contributed by atoms with Gasteiger partial charge in [-0.05, 0) is 19.9 Å². The summed E-state index contributed by atoms with van der Waals surface area (Å²) in [6.45, 7) is 7.03. The normalized spacial score (nSPS) is 27.7. The Morgan fingerprint density at radius 3 is 2.87 bits per heavy atom. The zero-order valence-corrected chi connectivity index (χ0v) is 9.03. The average molecular weight is 211 g/mol. The minimum absolute atomic E-state index is 0.111. The number of carbonyl (C=O) groups is 1. The molecule has 0 aromatic rings. The van der Waals surface area contributed by atoms with E-state index in [1.54, 1.807) is 0 Å². The Morgan fingerprint density at radius 1 is 1.53 bits per heavy atom. The van der Waals surface area contributed by atoms with Crippen LogP contribution >= 0.6 is 0 Å². The van der Waals surface area contributed by atoms with Crippen molar-refractivity contribution in [2.45, 2.75) is 13.3 Å². The molecule has 1 saturated heterocycles. The van der Waals surface area contributed by atoms with E-state index >= 15 is 0 Å². The van der Waals surface area contributed by atoms with Crippen LogP contribution in [0.3, 0.4) is 0 Å². The van der Waals surface area contributed by atoms with Gasteiger partial charge >= 0.3 is 5.97 Å². The van der Waals surface area contributed by atoms with Crippen LogP contribution in [0.4, 0.5) is 0 Å². The van der Waals surface area contributed by atoms with Crippen molar-refractivity contribution in [1.82, 2.24) is 10.2 Å². The van der Waals surface area contributed by atoms with Crippen molar-refractivity contribution in [3.63, 3.8) is 0 Å². The number of carbonyl (C=O) groups excluding carboxylic acids is 1. The Morgan fingerprint density at radius 2 is 2.27 bits per heavy atom. The van der Waals surface area contributed by atoms with Crippen LogP contribution in [0, 0.1) is 5.92 Å². The van der Waals surface area contributed by atoms with E-state index < -0.39 is 0 Å². The lowest BCUT2D eigenvalue weighted by Gasteiger charge is -2.27. The summed E-state index contributed by atoms with van der Waals surface area (Å²) in [5.74, 6) is -0.303. The number of piperazine rings is 1. The fourth-order valence-electron chi connectivity index (χ4n) is 1.99. The highest BCUT2D eigenvalue weighted by Gasteiger charge is 2.29. The molecule has 2 rings (SSSR count). The maximum Gasteiger partial charge on any atom is 0.343 e. The first-order valence-electron chi connectivity index (χ1n) is 5.46. The lowest BCUT2D eigenvalue weighted by molar-refractivity contribution is -0.143. The second-order valence-electron chi connectivity index (χ2n) is 4.08. The first kappa shape index (κ1) is 10.6. The molecule has 2 aliphatic heterocycles. The number of hydrogen-bond donors (Lipinski definition) is 1. The number of nitrogens with one attached hydrogen (secondary N) is 1. The van der Waals surface area contributed by atoms with Crippen molar-refractivity contribution in [2.75, 3.05) is 32.7 Å². The van der Waals surface area contributed by atoms with Crippen LogP contribution in [0.1, 0.15) is 13.3 Å². The summed E-state index contributed by atoms with van der Waals surface area (Å²) in [4.78, 5) is 18.3. The predicted octanol–water partition coefficient (Wildman–Crippen LogP) is -0.169. The van der Waals surface area contributed by atoms with E-state index in [1.165, 1.54) is 0 Å². The second kappa shape index (κ2) is 4.72. The molecule has 1 unspecified atom stereocenters. The van der Waals surface area contributed by atoms with E-state index in [1.807, 2.05) is 6.92 Å². The van der Waals surface area contributed by atoms with Crippen LogP contribution in [0.2, 0.25) is 0 Å². The molecule has 0 aromatic carbocycles. The SMILES string of the molecule is CC1=NOC(=O)C1CCN1CCNCC1. The summed E-state index contributed by atoms with van der Waals surface area (Å²) in [7, 11) is 0.